The second kappa shape index (κ2) is 5.32. The molecule has 2 fully saturated rings. The number of hydrogen-bond donors (Lipinski definition) is 1. The molecule has 3 atom stereocenters. The van der Waals surface area contributed by atoms with Gasteiger partial charge in [-0.2, -0.15) is 13.2 Å². The number of alkyl halides is 4. The first kappa shape index (κ1) is 18.4. The van der Waals surface area contributed by atoms with Crippen molar-refractivity contribution in [2.45, 2.75) is 44.6 Å². The van der Waals surface area contributed by atoms with Crippen LogP contribution in [0, 0.1) is 16.2 Å². The van der Waals surface area contributed by atoms with Gasteiger partial charge in [0.15, 0.2) is 5.78 Å². The van der Waals surface area contributed by atoms with Crippen molar-refractivity contribution < 1.29 is 22.8 Å². The Labute approximate surface area is 152 Å². The molecule has 0 unspecified atom stereocenters. The molecule has 0 heterocycles. The summed E-state index contributed by atoms with van der Waals surface area (Å²) in [6, 6.07) is 4.54. The highest BCUT2D eigenvalue weighted by Gasteiger charge is 2.76. The van der Waals surface area contributed by atoms with Crippen LogP contribution in [0.2, 0.25) is 0 Å². The third-order valence-corrected chi connectivity index (χ3v) is 7.77. The Kier molecular flexibility index (Phi) is 3.92. The minimum Gasteiger partial charge on any atom is -0.326 e. The summed E-state index contributed by atoms with van der Waals surface area (Å²) < 4.78 is 38.6. The highest BCUT2D eigenvalue weighted by molar-refractivity contribution is 9.10. The maximum atomic E-state index is 13.1. The first-order valence-electron chi connectivity index (χ1n) is 8.05. The molecule has 1 aromatic carbocycles. The van der Waals surface area contributed by atoms with Crippen molar-refractivity contribution in [3.63, 3.8) is 0 Å². The molecule has 0 aliphatic heterocycles. The molecule has 1 aromatic rings. The van der Waals surface area contributed by atoms with E-state index in [-0.39, 0.29) is 11.5 Å². The average molecular weight is 418 g/mol. The number of Topliss-reactive ketones (excluding diaryl/α,β-unsaturated/α-hetero) is 1. The van der Waals surface area contributed by atoms with Crippen LogP contribution in [0.15, 0.2) is 24.3 Å². The summed E-state index contributed by atoms with van der Waals surface area (Å²) in [5, 5.41) is 2.62. The van der Waals surface area contributed by atoms with Crippen molar-refractivity contribution in [1.82, 2.24) is 0 Å². The van der Waals surface area contributed by atoms with Crippen LogP contribution >= 0.6 is 15.9 Å². The number of benzene rings is 1. The Bertz CT molecular complexity index is 761. The highest BCUT2D eigenvalue weighted by Crippen LogP contribution is 2.72. The van der Waals surface area contributed by atoms with Crippen molar-refractivity contribution in [1.29, 1.82) is 0 Å². The number of ketones is 1. The van der Waals surface area contributed by atoms with Gasteiger partial charge in [-0.1, -0.05) is 42.8 Å². The lowest BCUT2D eigenvalue weighted by molar-refractivity contribution is -0.137. The van der Waals surface area contributed by atoms with Gasteiger partial charge in [0.05, 0.1) is 15.8 Å². The SMILES string of the molecule is CC1(C)[C@@]2(C)CC[C@]1(C(=O)Nc1cccc(C(F)(F)F)c1)[C@H](Br)C2=O. The number of carbonyl (C=O) groups excluding carboxylic acids is 2. The maximum Gasteiger partial charge on any atom is 0.416 e. The Morgan fingerprint density at radius 3 is 2.40 bits per heavy atom. The number of fused-ring (bicyclic) bond motifs is 2. The summed E-state index contributed by atoms with van der Waals surface area (Å²) in [5.41, 5.74) is -2.94. The molecule has 136 valence electrons. The van der Waals surface area contributed by atoms with E-state index >= 15 is 0 Å². The van der Waals surface area contributed by atoms with Gasteiger partial charge in [0.1, 0.15) is 0 Å². The summed E-state index contributed by atoms with van der Waals surface area (Å²) in [5.74, 6) is -0.420. The lowest BCUT2D eigenvalue weighted by atomic mass is 9.64. The quantitative estimate of drug-likeness (QED) is 0.702. The van der Waals surface area contributed by atoms with Crippen molar-refractivity contribution in [3.05, 3.63) is 29.8 Å². The number of nitrogens with one attached hydrogen (secondary N) is 1. The van der Waals surface area contributed by atoms with Crippen LogP contribution in [0.1, 0.15) is 39.2 Å². The van der Waals surface area contributed by atoms with E-state index in [1.165, 1.54) is 12.1 Å². The molecular weight excluding hydrogens is 399 g/mol. The van der Waals surface area contributed by atoms with Crippen LogP contribution < -0.4 is 5.32 Å². The zero-order valence-electron chi connectivity index (χ0n) is 14.1. The fourth-order valence-corrected chi connectivity index (χ4v) is 5.99. The molecule has 3 rings (SSSR count). The van der Waals surface area contributed by atoms with Gasteiger partial charge >= 0.3 is 6.18 Å². The van der Waals surface area contributed by atoms with Gasteiger partial charge in [0.2, 0.25) is 5.91 Å². The van der Waals surface area contributed by atoms with Crippen LogP contribution in [0.5, 0.6) is 0 Å². The maximum absolute atomic E-state index is 13.1. The summed E-state index contributed by atoms with van der Waals surface area (Å²) in [6.45, 7) is 5.66. The molecule has 3 nitrogen and oxygen atoms in total. The number of rotatable bonds is 2. The van der Waals surface area contributed by atoms with E-state index in [0.717, 1.165) is 12.1 Å². The van der Waals surface area contributed by atoms with E-state index in [9.17, 15) is 22.8 Å². The van der Waals surface area contributed by atoms with E-state index in [4.69, 9.17) is 0 Å². The number of anilines is 1. The predicted octanol–water partition coefficient (Wildman–Crippen LogP) is 4.80. The third kappa shape index (κ3) is 2.24. The molecular formula is C18H19BrF3NO2. The van der Waals surface area contributed by atoms with Crippen LogP contribution in [0.4, 0.5) is 18.9 Å². The van der Waals surface area contributed by atoms with Crippen molar-refractivity contribution in [2.24, 2.45) is 16.2 Å². The molecule has 0 saturated heterocycles. The van der Waals surface area contributed by atoms with Gasteiger partial charge < -0.3 is 5.32 Å². The summed E-state index contributed by atoms with van der Waals surface area (Å²) in [4.78, 5) is 25.1. The largest absolute Gasteiger partial charge is 0.416 e. The van der Waals surface area contributed by atoms with Crippen LogP contribution in [0.3, 0.4) is 0 Å². The molecule has 0 radical (unpaired) electrons. The normalized spacial score (nSPS) is 33.6. The Morgan fingerprint density at radius 2 is 1.88 bits per heavy atom. The highest BCUT2D eigenvalue weighted by atomic mass is 79.9. The van der Waals surface area contributed by atoms with Gasteiger partial charge in [0.25, 0.3) is 0 Å². The second-order valence-electron chi connectivity index (χ2n) is 7.69. The summed E-state index contributed by atoms with van der Waals surface area (Å²) >= 11 is 3.40. The van der Waals surface area contributed by atoms with Crippen LogP contribution in [-0.2, 0) is 15.8 Å². The van der Waals surface area contributed by atoms with Crippen LogP contribution in [0.25, 0.3) is 0 Å². The van der Waals surface area contributed by atoms with Gasteiger partial charge in [-0.3, -0.25) is 9.59 Å². The smallest absolute Gasteiger partial charge is 0.326 e. The lowest BCUT2D eigenvalue weighted by Crippen LogP contribution is -2.48. The molecule has 25 heavy (non-hydrogen) atoms. The van der Waals surface area contributed by atoms with E-state index in [1.807, 2.05) is 20.8 Å². The molecule has 1 amide bonds. The van der Waals surface area contributed by atoms with E-state index in [0.29, 0.717) is 12.8 Å². The number of hydrogen-bond acceptors (Lipinski definition) is 2. The number of carbonyl (C=O) groups is 2. The zero-order chi connectivity index (χ0) is 18.8. The number of halogens is 4. The van der Waals surface area contributed by atoms with E-state index in [1.54, 1.807) is 0 Å². The lowest BCUT2D eigenvalue weighted by Gasteiger charge is -2.39. The zero-order valence-corrected chi connectivity index (χ0v) is 15.7. The Balaban J connectivity index is 1.96. The van der Waals surface area contributed by atoms with Gasteiger partial charge in [-0.25, -0.2) is 0 Å². The molecule has 1 N–H and O–H groups in total. The van der Waals surface area contributed by atoms with Gasteiger partial charge in [-0.05, 0) is 36.5 Å². The van der Waals surface area contributed by atoms with Crippen molar-refractivity contribution in [2.75, 3.05) is 5.32 Å². The van der Waals surface area contributed by atoms with Crippen molar-refractivity contribution >= 4 is 33.3 Å². The first-order valence-corrected chi connectivity index (χ1v) is 8.96. The fraction of sp³-hybridized carbons (Fsp3) is 0.556. The number of amides is 1. The molecule has 7 heteroatoms. The van der Waals surface area contributed by atoms with Crippen molar-refractivity contribution in [3.8, 4) is 0 Å². The molecule has 2 bridgehead atoms. The molecule has 2 saturated carbocycles. The third-order valence-electron chi connectivity index (χ3n) is 6.57. The van der Waals surface area contributed by atoms with Gasteiger partial charge in [-0.15, -0.1) is 0 Å². The Hall–Kier alpha value is -1.37. The van der Waals surface area contributed by atoms with E-state index in [2.05, 4.69) is 21.2 Å². The average Bonchev–Trinajstić information content (AvgIpc) is 2.79. The van der Waals surface area contributed by atoms with Crippen LogP contribution in [-0.4, -0.2) is 16.5 Å². The second-order valence-corrected chi connectivity index (χ2v) is 8.60. The summed E-state index contributed by atoms with van der Waals surface area (Å²) in [6.07, 6.45) is -3.37. The molecule has 0 aromatic heterocycles. The first-order chi connectivity index (χ1) is 11.4. The summed E-state index contributed by atoms with van der Waals surface area (Å²) in [7, 11) is 0. The van der Waals surface area contributed by atoms with Gasteiger partial charge in [0, 0.05) is 11.1 Å². The topological polar surface area (TPSA) is 46.2 Å². The van der Waals surface area contributed by atoms with E-state index < -0.39 is 38.7 Å². The fourth-order valence-electron chi connectivity index (χ4n) is 4.47. The predicted molar refractivity (Wildman–Crippen MR) is 91.4 cm³/mol. The molecule has 2 aliphatic carbocycles. The Morgan fingerprint density at radius 1 is 1.24 bits per heavy atom. The molecule has 2 aliphatic rings. The minimum atomic E-state index is -4.48. The monoisotopic (exact) mass is 417 g/mol. The minimum absolute atomic E-state index is 0.0112. The standard InChI is InChI=1S/C18H19BrF3NO2/c1-15(2)16(3)7-8-17(15,12(19)13(16)24)14(25)23-11-6-4-5-10(9-11)18(20,21)22/h4-6,9,12H,7-8H2,1-3H3,(H,23,25)/t12-,16+,17-/m1/s1. The molecule has 0 spiro atoms.